The zero-order valence-electron chi connectivity index (χ0n) is 13.7. The predicted molar refractivity (Wildman–Crippen MR) is 103 cm³/mol. The molecule has 27 heavy (non-hydrogen) atoms. The van der Waals surface area contributed by atoms with Crippen molar-refractivity contribution in [1.82, 2.24) is 14.9 Å². The van der Waals surface area contributed by atoms with Gasteiger partial charge in [-0.1, -0.05) is 30.0 Å². The molecule has 2 heterocycles. The van der Waals surface area contributed by atoms with E-state index in [-0.39, 0.29) is 22.1 Å². The third kappa shape index (κ3) is 4.12. The summed E-state index contributed by atoms with van der Waals surface area (Å²) in [6.07, 6.45) is 4.14. The Kier molecular flexibility index (Phi) is 5.47. The van der Waals surface area contributed by atoms with E-state index in [1.807, 2.05) is 0 Å². The van der Waals surface area contributed by atoms with E-state index in [1.54, 1.807) is 36.7 Å². The summed E-state index contributed by atoms with van der Waals surface area (Å²) >= 11 is 6.14. The Morgan fingerprint density at radius 2 is 1.93 bits per heavy atom. The van der Waals surface area contributed by atoms with Crippen LogP contribution >= 0.6 is 24.0 Å². The van der Waals surface area contributed by atoms with Gasteiger partial charge in [-0.2, -0.15) is 0 Å². The van der Waals surface area contributed by atoms with Crippen LogP contribution < -0.4 is 0 Å². The van der Waals surface area contributed by atoms with E-state index in [0.717, 1.165) is 16.7 Å². The van der Waals surface area contributed by atoms with Gasteiger partial charge in [-0.15, -0.1) is 0 Å². The van der Waals surface area contributed by atoms with Gasteiger partial charge in [0, 0.05) is 18.8 Å². The zero-order chi connectivity index (χ0) is 19.6. The summed E-state index contributed by atoms with van der Waals surface area (Å²) in [5, 5.41) is 18.2. The highest BCUT2D eigenvalue weighted by Gasteiger charge is 2.40. The lowest BCUT2D eigenvalue weighted by Crippen LogP contribution is -2.44. The summed E-state index contributed by atoms with van der Waals surface area (Å²) in [7, 11) is 0. The minimum Gasteiger partial charge on any atom is -0.481 e. The van der Waals surface area contributed by atoms with E-state index in [2.05, 4.69) is 9.97 Å². The molecule has 1 atom stereocenters. The number of amides is 1. The van der Waals surface area contributed by atoms with Crippen molar-refractivity contribution in [2.45, 2.75) is 18.9 Å². The SMILES string of the molecule is O=C(O)CCC(C(=O)O)N1C(=O)/C(=C/c2ccc3nccnc3c2)SC1=S. The van der Waals surface area contributed by atoms with Crippen molar-refractivity contribution in [1.29, 1.82) is 0 Å². The predicted octanol–water partition coefficient (Wildman–Crippen LogP) is 2.15. The Hall–Kier alpha value is -2.85. The van der Waals surface area contributed by atoms with Crippen molar-refractivity contribution < 1.29 is 24.6 Å². The van der Waals surface area contributed by atoms with Crippen LogP contribution in [0.25, 0.3) is 17.1 Å². The van der Waals surface area contributed by atoms with E-state index < -0.39 is 23.9 Å². The van der Waals surface area contributed by atoms with Gasteiger partial charge in [0.2, 0.25) is 0 Å². The number of hydrogen-bond acceptors (Lipinski definition) is 7. The van der Waals surface area contributed by atoms with Gasteiger partial charge in [0.05, 0.1) is 15.9 Å². The van der Waals surface area contributed by atoms with Crippen molar-refractivity contribution in [2.75, 3.05) is 0 Å². The van der Waals surface area contributed by atoms with Crippen molar-refractivity contribution >= 4 is 63.3 Å². The van der Waals surface area contributed by atoms with Crippen molar-refractivity contribution in [3.05, 3.63) is 41.1 Å². The molecular formula is C17H13N3O5S2. The van der Waals surface area contributed by atoms with Gasteiger partial charge in [0.25, 0.3) is 5.91 Å². The first kappa shape index (κ1) is 18.9. The van der Waals surface area contributed by atoms with Crippen molar-refractivity contribution in [3.8, 4) is 0 Å². The van der Waals surface area contributed by atoms with Crippen LogP contribution in [0, 0.1) is 0 Å². The molecule has 1 aromatic carbocycles. The number of hydrogen-bond donors (Lipinski definition) is 2. The lowest BCUT2D eigenvalue weighted by molar-refractivity contribution is -0.146. The first-order valence-corrected chi connectivity index (χ1v) is 9.01. The molecule has 8 nitrogen and oxygen atoms in total. The van der Waals surface area contributed by atoms with Crippen molar-refractivity contribution in [3.63, 3.8) is 0 Å². The maximum Gasteiger partial charge on any atom is 0.326 e. The van der Waals surface area contributed by atoms with Crippen LogP contribution in [-0.4, -0.2) is 53.3 Å². The number of aliphatic carboxylic acids is 2. The van der Waals surface area contributed by atoms with Gasteiger partial charge in [-0.25, -0.2) is 4.79 Å². The number of fused-ring (bicyclic) bond motifs is 1. The molecule has 0 bridgehead atoms. The summed E-state index contributed by atoms with van der Waals surface area (Å²) < 4.78 is 0.0876. The molecule has 0 radical (unpaired) electrons. The van der Waals surface area contributed by atoms with Crippen LogP contribution in [0.3, 0.4) is 0 Å². The summed E-state index contributed by atoms with van der Waals surface area (Å²) in [6, 6.07) is 3.97. The number of thioether (sulfide) groups is 1. The number of carboxylic acid groups (broad SMARTS) is 2. The summed E-state index contributed by atoms with van der Waals surface area (Å²) in [4.78, 5) is 44.6. The number of carboxylic acids is 2. The number of rotatable bonds is 6. The van der Waals surface area contributed by atoms with Gasteiger partial charge in [-0.3, -0.25) is 24.5 Å². The molecule has 1 saturated heterocycles. The number of carbonyl (C=O) groups is 3. The molecule has 2 aromatic rings. The molecule has 1 fully saturated rings. The number of carbonyl (C=O) groups excluding carboxylic acids is 1. The molecule has 1 unspecified atom stereocenters. The molecule has 1 aliphatic rings. The van der Waals surface area contributed by atoms with Gasteiger partial charge >= 0.3 is 11.9 Å². The van der Waals surface area contributed by atoms with Crippen LogP contribution in [-0.2, 0) is 14.4 Å². The summed E-state index contributed by atoms with van der Waals surface area (Å²) in [5.74, 6) is -2.99. The fraction of sp³-hybridized carbons (Fsp3) is 0.176. The normalized spacial score (nSPS) is 16.9. The Labute approximate surface area is 162 Å². The lowest BCUT2D eigenvalue weighted by Gasteiger charge is -2.22. The first-order chi connectivity index (χ1) is 12.9. The third-order valence-electron chi connectivity index (χ3n) is 3.84. The standard InChI is InChI=1S/C17H13N3O5S2/c21-14(22)4-3-12(16(24)25)20-15(23)13(27-17(20)26)8-9-1-2-10-11(7-9)19-6-5-18-10/h1-2,5-8,12H,3-4H2,(H,21,22)(H,24,25)/b13-8-. The van der Waals surface area contributed by atoms with E-state index in [9.17, 15) is 19.5 Å². The topological polar surface area (TPSA) is 121 Å². The smallest absolute Gasteiger partial charge is 0.326 e. The second-order valence-corrected chi connectivity index (χ2v) is 7.32. The molecular weight excluding hydrogens is 390 g/mol. The Bertz CT molecular complexity index is 991. The molecule has 1 aliphatic heterocycles. The Balaban J connectivity index is 1.88. The molecule has 10 heteroatoms. The van der Waals surface area contributed by atoms with Gasteiger partial charge in [-0.05, 0) is 30.2 Å². The fourth-order valence-electron chi connectivity index (χ4n) is 2.59. The molecule has 1 aromatic heterocycles. The summed E-state index contributed by atoms with van der Waals surface area (Å²) in [5.41, 5.74) is 2.06. The summed E-state index contributed by atoms with van der Waals surface area (Å²) in [6.45, 7) is 0. The van der Waals surface area contributed by atoms with Crippen molar-refractivity contribution in [2.24, 2.45) is 0 Å². The minimum absolute atomic E-state index is 0.0876. The van der Waals surface area contributed by atoms with Crippen LogP contribution in [0.5, 0.6) is 0 Å². The number of aromatic nitrogens is 2. The molecule has 1 amide bonds. The number of thiocarbonyl (C=S) groups is 1. The monoisotopic (exact) mass is 403 g/mol. The van der Waals surface area contributed by atoms with E-state index in [4.69, 9.17) is 17.3 Å². The second kappa shape index (κ2) is 7.80. The maximum atomic E-state index is 12.7. The molecule has 138 valence electrons. The van der Waals surface area contributed by atoms with Gasteiger partial charge in [0.1, 0.15) is 10.4 Å². The number of nitrogens with zero attached hydrogens (tertiary/aromatic N) is 3. The Morgan fingerprint density at radius 1 is 1.22 bits per heavy atom. The third-order valence-corrected chi connectivity index (χ3v) is 5.17. The zero-order valence-corrected chi connectivity index (χ0v) is 15.4. The minimum atomic E-state index is -1.32. The van der Waals surface area contributed by atoms with E-state index in [1.165, 1.54) is 0 Å². The van der Waals surface area contributed by atoms with Crippen LogP contribution in [0.4, 0.5) is 0 Å². The lowest BCUT2D eigenvalue weighted by atomic mass is 10.1. The van der Waals surface area contributed by atoms with Gasteiger partial charge < -0.3 is 10.2 Å². The van der Waals surface area contributed by atoms with E-state index >= 15 is 0 Å². The van der Waals surface area contributed by atoms with Crippen LogP contribution in [0.15, 0.2) is 35.5 Å². The number of benzene rings is 1. The largest absolute Gasteiger partial charge is 0.481 e. The van der Waals surface area contributed by atoms with Gasteiger partial charge in [0.15, 0.2) is 0 Å². The molecule has 0 aliphatic carbocycles. The fourth-order valence-corrected chi connectivity index (χ4v) is 3.95. The highest BCUT2D eigenvalue weighted by molar-refractivity contribution is 8.26. The van der Waals surface area contributed by atoms with E-state index in [0.29, 0.717) is 16.6 Å². The molecule has 0 saturated carbocycles. The highest BCUT2D eigenvalue weighted by Crippen LogP contribution is 2.35. The molecule has 3 rings (SSSR count). The van der Waals surface area contributed by atoms with Crippen LogP contribution in [0.1, 0.15) is 18.4 Å². The quantitative estimate of drug-likeness (QED) is 0.552. The first-order valence-electron chi connectivity index (χ1n) is 7.79. The molecule has 0 spiro atoms. The Morgan fingerprint density at radius 3 is 2.59 bits per heavy atom. The maximum absolute atomic E-state index is 12.7. The molecule has 2 N–H and O–H groups in total. The highest BCUT2D eigenvalue weighted by atomic mass is 32.2. The average molecular weight is 403 g/mol. The second-order valence-electron chi connectivity index (χ2n) is 5.64. The average Bonchev–Trinajstić information content (AvgIpc) is 2.89. The van der Waals surface area contributed by atoms with Crippen LogP contribution in [0.2, 0.25) is 0 Å².